The summed E-state index contributed by atoms with van der Waals surface area (Å²) in [5, 5.41) is 19.9. The molecular formula is C22H27F3N6O4S. The maximum Gasteiger partial charge on any atom is 0.416 e. The molecule has 0 bridgehead atoms. The third kappa shape index (κ3) is 5.76. The molecule has 0 atom stereocenters. The van der Waals surface area contributed by atoms with Gasteiger partial charge in [0, 0.05) is 45.8 Å². The van der Waals surface area contributed by atoms with E-state index in [2.05, 4.69) is 20.2 Å². The third-order valence-corrected chi connectivity index (χ3v) is 7.81. The summed E-state index contributed by atoms with van der Waals surface area (Å²) in [6.45, 7) is 3.30. The second-order valence-electron chi connectivity index (χ2n) is 8.99. The first-order chi connectivity index (χ1) is 17.1. The molecule has 0 N–H and O–H groups in total. The number of anilines is 1. The van der Waals surface area contributed by atoms with E-state index >= 15 is 0 Å². The van der Waals surface area contributed by atoms with E-state index in [9.17, 15) is 28.1 Å². The molecule has 1 saturated carbocycles. The number of nitro benzene ring substituents is 1. The van der Waals surface area contributed by atoms with Crippen LogP contribution in [0, 0.1) is 16.0 Å². The van der Waals surface area contributed by atoms with Gasteiger partial charge in [-0.15, -0.1) is 0 Å². The Labute approximate surface area is 209 Å². The van der Waals surface area contributed by atoms with Gasteiger partial charge in [0.25, 0.3) is 11.2 Å². The second kappa shape index (κ2) is 10.6. The maximum atomic E-state index is 13.2. The molecule has 2 heterocycles. The highest BCUT2D eigenvalue weighted by atomic mass is 32.1. The van der Waals surface area contributed by atoms with E-state index in [0.717, 1.165) is 49.3 Å². The number of aromatic nitrogens is 1. The molecule has 0 radical (unpaired) electrons. The zero-order valence-corrected chi connectivity index (χ0v) is 20.8. The number of hydrogen-bond donors (Lipinski definition) is 0. The van der Waals surface area contributed by atoms with Gasteiger partial charge in [0.15, 0.2) is 5.13 Å². The van der Waals surface area contributed by atoms with Crippen molar-refractivity contribution in [3.8, 4) is 0 Å². The number of halogens is 3. The molecule has 0 unspecified atom stereocenters. The fraction of sp³-hybridized carbons (Fsp3) is 0.591. The minimum atomic E-state index is -4.81. The first-order valence-corrected chi connectivity index (χ1v) is 12.4. The number of non-ortho nitro benzene ring substituents is 1. The Balaban J connectivity index is 1.45. The number of alkyl halides is 3. The molecule has 0 amide bonds. The molecule has 2 aliphatic rings. The molecule has 1 aliphatic heterocycles. The van der Waals surface area contributed by atoms with Crippen LogP contribution >= 0.6 is 11.3 Å². The lowest BCUT2D eigenvalue weighted by Gasteiger charge is -2.41. The summed E-state index contributed by atoms with van der Waals surface area (Å²) in [4.78, 5) is 33.9. The van der Waals surface area contributed by atoms with E-state index in [0.29, 0.717) is 44.2 Å². The smallest absolute Gasteiger partial charge is 0.399 e. The summed E-state index contributed by atoms with van der Waals surface area (Å²) >= 11 is 0.876. The number of hydrogen-bond acceptors (Lipinski definition) is 10. The van der Waals surface area contributed by atoms with Gasteiger partial charge in [-0.1, -0.05) is 16.5 Å². The van der Waals surface area contributed by atoms with Crippen molar-refractivity contribution in [2.45, 2.75) is 31.9 Å². The average Bonchev–Trinajstić information content (AvgIpc) is 2.84. The Morgan fingerprint density at radius 3 is 2.50 bits per heavy atom. The molecule has 4 rings (SSSR count). The van der Waals surface area contributed by atoms with Crippen molar-refractivity contribution in [2.24, 2.45) is 11.1 Å². The minimum absolute atomic E-state index is 0.101. The quantitative estimate of drug-likeness (QED) is 0.413. The fourth-order valence-electron chi connectivity index (χ4n) is 4.71. The average molecular weight is 529 g/mol. The van der Waals surface area contributed by atoms with Crippen LogP contribution in [-0.4, -0.2) is 72.5 Å². The van der Waals surface area contributed by atoms with Crippen molar-refractivity contribution in [2.75, 3.05) is 51.8 Å². The van der Waals surface area contributed by atoms with Crippen LogP contribution in [0.3, 0.4) is 0 Å². The normalized spacial score (nSPS) is 19.7. The van der Waals surface area contributed by atoms with Crippen LogP contribution in [0.15, 0.2) is 22.1 Å². The summed E-state index contributed by atoms with van der Waals surface area (Å²) in [5.74, 6) is 0.554. The van der Waals surface area contributed by atoms with E-state index in [1.165, 1.54) is 0 Å². The zero-order chi connectivity index (χ0) is 26.0. The summed E-state index contributed by atoms with van der Waals surface area (Å²) in [7, 11) is 3.60. The summed E-state index contributed by atoms with van der Waals surface area (Å²) < 4.78 is 39.5. The van der Waals surface area contributed by atoms with Gasteiger partial charge < -0.3 is 9.74 Å². The van der Waals surface area contributed by atoms with E-state index in [-0.39, 0.29) is 9.83 Å². The van der Waals surface area contributed by atoms with Gasteiger partial charge in [-0.05, 0) is 37.7 Å². The maximum absolute atomic E-state index is 13.2. The number of hydrazine groups is 1. The van der Waals surface area contributed by atoms with Crippen molar-refractivity contribution in [1.29, 1.82) is 0 Å². The molecule has 36 heavy (non-hydrogen) atoms. The molecule has 1 aromatic carbocycles. The Hall–Kier alpha value is -2.84. The zero-order valence-electron chi connectivity index (χ0n) is 20.0. The van der Waals surface area contributed by atoms with Crippen LogP contribution in [0.5, 0.6) is 0 Å². The summed E-state index contributed by atoms with van der Waals surface area (Å²) in [6, 6.07) is 1.12. The highest BCUT2D eigenvalue weighted by Gasteiger charge is 2.34. The molecular weight excluding hydrogens is 501 g/mol. The Morgan fingerprint density at radius 1 is 1.25 bits per heavy atom. The fourth-order valence-corrected chi connectivity index (χ4v) is 5.82. The molecule has 14 heteroatoms. The monoisotopic (exact) mass is 528 g/mol. The molecule has 1 aromatic heterocycles. The Bertz CT molecular complexity index is 1200. The lowest BCUT2D eigenvalue weighted by atomic mass is 9.88. The summed E-state index contributed by atoms with van der Waals surface area (Å²) in [5.41, 5.74) is -1.78. The molecule has 196 valence electrons. The van der Waals surface area contributed by atoms with E-state index < -0.39 is 33.3 Å². The van der Waals surface area contributed by atoms with Gasteiger partial charge in [-0.2, -0.15) is 18.2 Å². The highest BCUT2D eigenvalue weighted by molar-refractivity contribution is 7.22. The van der Waals surface area contributed by atoms with Crippen molar-refractivity contribution in [3.63, 3.8) is 0 Å². The molecule has 1 aliphatic carbocycles. The summed E-state index contributed by atoms with van der Waals surface area (Å²) in [6.07, 6.45) is -0.840. The number of fused-ring (bicyclic) bond motifs is 1. The number of nitrogens with zero attached hydrogens (tertiary/aromatic N) is 6. The number of nitro groups is 1. The molecule has 10 nitrogen and oxygen atoms in total. The van der Waals surface area contributed by atoms with Gasteiger partial charge in [-0.3, -0.25) is 14.9 Å². The van der Waals surface area contributed by atoms with Crippen LogP contribution in [0.1, 0.15) is 31.2 Å². The molecule has 0 spiro atoms. The molecule has 2 aromatic rings. The predicted octanol–water partition coefficient (Wildman–Crippen LogP) is 3.74. The van der Waals surface area contributed by atoms with Crippen LogP contribution in [0.4, 0.5) is 24.0 Å². The van der Waals surface area contributed by atoms with Gasteiger partial charge >= 0.3 is 6.18 Å². The number of piperazine rings is 1. The lowest BCUT2D eigenvalue weighted by Crippen LogP contribution is -2.53. The van der Waals surface area contributed by atoms with Gasteiger partial charge in [-0.25, -0.2) is 10.0 Å². The Kier molecular flexibility index (Phi) is 7.76. The van der Waals surface area contributed by atoms with Gasteiger partial charge in [0.05, 0.1) is 21.6 Å². The largest absolute Gasteiger partial charge is 0.416 e. The van der Waals surface area contributed by atoms with E-state index in [4.69, 9.17) is 4.84 Å². The number of oxime groups is 1. The third-order valence-electron chi connectivity index (χ3n) is 6.65. The van der Waals surface area contributed by atoms with Gasteiger partial charge in [0.1, 0.15) is 11.8 Å². The van der Waals surface area contributed by atoms with Crippen LogP contribution in [0.2, 0.25) is 0 Å². The van der Waals surface area contributed by atoms with Crippen molar-refractivity contribution < 1.29 is 22.9 Å². The van der Waals surface area contributed by atoms with E-state index in [1.54, 1.807) is 7.11 Å². The number of benzene rings is 1. The highest BCUT2D eigenvalue weighted by Crippen LogP contribution is 2.38. The van der Waals surface area contributed by atoms with E-state index in [1.807, 2.05) is 11.9 Å². The van der Waals surface area contributed by atoms with Crippen molar-refractivity contribution >= 4 is 38.0 Å². The SMILES string of the molecule is CON=C1CCC(CN(C)N2CCN(c3nc(=O)c4cc(C(F)(F)F)cc([N+](=O)[O-])c4s3)CC2)CC1. The van der Waals surface area contributed by atoms with Crippen LogP contribution < -0.4 is 10.5 Å². The van der Waals surface area contributed by atoms with Crippen molar-refractivity contribution in [3.05, 3.63) is 38.2 Å². The van der Waals surface area contributed by atoms with Crippen LogP contribution in [-0.2, 0) is 11.0 Å². The van der Waals surface area contributed by atoms with Crippen molar-refractivity contribution in [1.82, 2.24) is 15.0 Å². The first-order valence-electron chi connectivity index (χ1n) is 11.6. The second-order valence-corrected chi connectivity index (χ2v) is 9.97. The number of rotatable bonds is 6. The standard InChI is InChI=1S/C22H27F3N6O4S/c1-28(13-14-3-5-16(6-4-14)27-35-2)30-9-7-29(8-10-30)21-26-20(32)17-11-15(22(23,24)25)12-18(31(33)34)19(17)36-21/h11-12,14H,3-10,13H2,1-2H3. The van der Waals surface area contributed by atoms with Gasteiger partial charge in [0.2, 0.25) is 0 Å². The predicted molar refractivity (Wildman–Crippen MR) is 130 cm³/mol. The molecule has 1 saturated heterocycles. The Morgan fingerprint density at radius 2 is 1.92 bits per heavy atom. The van der Waals surface area contributed by atoms with Crippen LogP contribution in [0.25, 0.3) is 10.1 Å². The first kappa shape index (κ1) is 26.2. The topological polar surface area (TPSA) is 104 Å². The lowest BCUT2D eigenvalue weighted by molar-refractivity contribution is -0.383. The minimum Gasteiger partial charge on any atom is -0.399 e. The molecule has 2 fully saturated rings.